The van der Waals surface area contributed by atoms with Gasteiger partial charge in [0.15, 0.2) is 0 Å². The number of aromatic nitrogens is 1. The number of halogens is 2. The molecule has 5 heteroatoms. The minimum atomic E-state index is 0.635. The Labute approximate surface area is 111 Å². The molecule has 0 aliphatic carbocycles. The zero-order chi connectivity index (χ0) is 11.5. The van der Waals surface area contributed by atoms with Gasteiger partial charge in [-0.2, -0.15) is 0 Å². The van der Waals surface area contributed by atoms with Crippen molar-refractivity contribution in [2.75, 3.05) is 5.73 Å². The van der Waals surface area contributed by atoms with E-state index in [9.17, 15) is 0 Å². The van der Waals surface area contributed by atoms with Crippen molar-refractivity contribution >= 4 is 45.0 Å². The molecule has 0 amide bonds. The van der Waals surface area contributed by atoms with Crippen molar-refractivity contribution in [2.24, 2.45) is 0 Å². The SMILES string of the molecule is Nc1cnc(Sc2ccccc2Cl)c(Br)c1. The standard InChI is InChI=1S/C11H8BrClN2S/c12-8-5-7(14)6-15-11(8)16-10-4-2-1-3-9(10)13/h1-6H,14H2. The molecule has 2 nitrogen and oxygen atoms in total. The minimum absolute atomic E-state index is 0.635. The molecule has 0 fully saturated rings. The second kappa shape index (κ2) is 5.08. The topological polar surface area (TPSA) is 38.9 Å². The van der Waals surface area contributed by atoms with E-state index in [1.54, 1.807) is 6.20 Å². The lowest BCUT2D eigenvalue weighted by molar-refractivity contribution is 1.11. The fourth-order valence-corrected chi connectivity index (χ4v) is 2.79. The number of pyridine rings is 1. The van der Waals surface area contributed by atoms with Gasteiger partial charge in [0.05, 0.1) is 21.4 Å². The molecule has 0 saturated carbocycles. The van der Waals surface area contributed by atoms with Crippen LogP contribution in [-0.2, 0) is 0 Å². The third-order valence-corrected chi connectivity index (χ3v) is 4.28. The quantitative estimate of drug-likeness (QED) is 0.901. The van der Waals surface area contributed by atoms with Crippen LogP contribution in [0.3, 0.4) is 0 Å². The van der Waals surface area contributed by atoms with E-state index < -0.39 is 0 Å². The average Bonchev–Trinajstić information content (AvgIpc) is 2.25. The number of benzene rings is 1. The van der Waals surface area contributed by atoms with Gasteiger partial charge in [-0.25, -0.2) is 4.98 Å². The van der Waals surface area contributed by atoms with Crippen LogP contribution in [0.4, 0.5) is 5.69 Å². The number of anilines is 1. The van der Waals surface area contributed by atoms with E-state index in [0.29, 0.717) is 5.69 Å². The third kappa shape index (κ3) is 2.70. The maximum absolute atomic E-state index is 6.07. The Balaban J connectivity index is 2.31. The molecule has 0 unspecified atom stereocenters. The molecular formula is C11H8BrClN2S. The first-order valence-electron chi connectivity index (χ1n) is 4.50. The second-order valence-electron chi connectivity index (χ2n) is 3.09. The predicted molar refractivity (Wildman–Crippen MR) is 71.9 cm³/mol. The highest BCUT2D eigenvalue weighted by atomic mass is 79.9. The van der Waals surface area contributed by atoms with Crippen LogP contribution in [0.5, 0.6) is 0 Å². The first-order valence-corrected chi connectivity index (χ1v) is 6.49. The van der Waals surface area contributed by atoms with Gasteiger partial charge < -0.3 is 5.73 Å². The summed E-state index contributed by atoms with van der Waals surface area (Å²) in [5.74, 6) is 0. The Kier molecular flexibility index (Phi) is 3.74. The average molecular weight is 316 g/mol. The van der Waals surface area contributed by atoms with Crippen LogP contribution in [0, 0.1) is 0 Å². The number of hydrogen-bond acceptors (Lipinski definition) is 3. The highest BCUT2D eigenvalue weighted by molar-refractivity contribution is 9.10. The Bertz CT molecular complexity index is 519. The molecule has 0 spiro atoms. The number of hydrogen-bond donors (Lipinski definition) is 1. The van der Waals surface area contributed by atoms with E-state index in [2.05, 4.69) is 20.9 Å². The molecule has 2 aromatic rings. The summed E-state index contributed by atoms with van der Waals surface area (Å²) in [6, 6.07) is 9.48. The lowest BCUT2D eigenvalue weighted by Crippen LogP contribution is -1.88. The molecule has 0 bridgehead atoms. The summed E-state index contributed by atoms with van der Waals surface area (Å²) in [7, 11) is 0. The van der Waals surface area contributed by atoms with Gasteiger partial charge in [0.2, 0.25) is 0 Å². The van der Waals surface area contributed by atoms with Crippen molar-refractivity contribution in [3.63, 3.8) is 0 Å². The van der Waals surface area contributed by atoms with Crippen molar-refractivity contribution in [1.82, 2.24) is 4.98 Å². The molecule has 0 atom stereocenters. The predicted octanol–water partition coefficient (Wildman–Crippen LogP) is 4.23. The van der Waals surface area contributed by atoms with Crippen molar-refractivity contribution in [1.29, 1.82) is 0 Å². The van der Waals surface area contributed by atoms with E-state index in [-0.39, 0.29) is 0 Å². The molecule has 82 valence electrons. The molecule has 0 aliphatic heterocycles. The fourth-order valence-electron chi connectivity index (χ4n) is 1.15. The Hall–Kier alpha value is -0.710. The van der Waals surface area contributed by atoms with E-state index in [0.717, 1.165) is 19.4 Å². The van der Waals surface area contributed by atoms with Crippen LogP contribution >= 0.6 is 39.3 Å². The summed E-state index contributed by atoms with van der Waals surface area (Å²) in [5.41, 5.74) is 6.26. The summed E-state index contributed by atoms with van der Waals surface area (Å²) in [4.78, 5) is 5.22. The van der Waals surface area contributed by atoms with Crippen LogP contribution in [0.1, 0.15) is 0 Å². The van der Waals surface area contributed by atoms with Crippen molar-refractivity contribution in [3.05, 3.63) is 46.0 Å². The van der Waals surface area contributed by atoms with Gasteiger partial charge in [-0.15, -0.1) is 0 Å². The number of nitrogens with two attached hydrogens (primary N) is 1. The fraction of sp³-hybridized carbons (Fsp3) is 0. The van der Waals surface area contributed by atoms with Crippen molar-refractivity contribution < 1.29 is 0 Å². The van der Waals surface area contributed by atoms with E-state index >= 15 is 0 Å². The minimum Gasteiger partial charge on any atom is -0.397 e. The van der Waals surface area contributed by atoms with E-state index in [1.807, 2.05) is 30.3 Å². The normalized spacial score (nSPS) is 10.4. The molecule has 2 rings (SSSR count). The van der Waals surface area contributed by atoms with Gasteiger partial charge in [0.1, 0.15) is 5.03 Å². The monoisotopic (exact) mass is 314 g/mol. The van der Waals surface area contributed by atoms with Crippen LogP contribution in [0.25, 0.3) is 0 Å². The molecule has 0 radical (unpaired) electrons. The van der Waals surface area contributed by atoms with Crippen LogP contribution < -0.4 is 5.73 Å². The molecule has 1 aromatic heterocycles. The third-order valence-electron chi connectivity index (χ3n) is 1.87. The molecule has 2 N–H and O–H groups in total. The van der Waals surface area contributed by atoms with Crippen LogP contribution in [0.15, 0.2) is 50.9 Å². The highest BCUT2D eigenvalue weighted by Crippen LogP contribution is 2.36. The van der Waals surface area contributed by atoms with Gasteiger partial charge in [0, 0.05) is 4.90 Å². The molecular weight excluding hydrogens is 308 g/mol. The summed E-state index contributed by atoms with van der Waals surface area (Å²) < 4.78 is 0.873. The summed E-state index contributed by atoms with van der Waals surface area (Å²) in [6.07, 6.45) is 1.63. The maximum atomic E-state index is 6.07. The maximum Gasteiger partial charge on any atom is 0.115 e. The zero-order valence-corrected chi connectivity index (χ0v) is 11.3. The van der Waals surface area contributed by atoms with Gasteiger partial charge >= 0.3 is 0 Å². The Morgan fingerprint density at radius 1 is 1.31 bits per heavy atom. The van der Waals surface area contributed by atoms with Crippen LogP contribution in [0.2, 0.25) is 5.02 Å². The van der Waals surface area contributed by atoms with Gasteiger partial charge in [-0.05, 0) is 34.1 Å². The summed E-state index contributed by atoms with van der Waals surface area (Å²) >= 11 is 11.0. The van der Waals surface area contributed by atoms with Crippen molar-refractivity contribution in [2.45, 2.75) is 9.92 Å². The van der Waals surface area contributed by atoms with E-state index in [4.69, 9.17) is 17.3 Å². The zero-order valence-electron chi connectivity index (χ0n) is 8.15. The van der Waals surface area contributed by atoms with E-state index in [1.165, 1.54) is 11.8 Å². The molecule has 0 aliphatic rings. The number of nitrogens with zero attached hydrogens (tertiary/aromatic N) is 1. The molecule has 0 saturated heterocycles. The Morgan fingerprint density at radius 2 is 2.06 bits per heavy atom. The lowest BCUT2D eigenvalue weighted by Gasteiger charge is -2.05. The first kappa shape index (κ1) is 11.8. The first-order chi connectivity index (χ1) is 7.66. The Morgan fingerprint density at radius 3 is 2.75 bits per heavy atom. The van der Waals surface area contributed by atoms with Crippen molar-refractivity contribution in [3.8, 4) is 0 Å². The number of nitrogen functional groups attached to an aromatic ring is 1. The van der Waals surface area contributed by atoms with Crippen LogP contribution in [-0.4, -0.2) is 4.98 Å². The summed E-state index contributed by atoms with van der Waals surface area (Å²) in [6.45, 7) is 0. The molecule has 16 heavy (non-hydrogen) atoms. The number of rotatable bonds is 2. The van der Waals surface area contributed by atoms with Gasteiger partial charge in [-0.3, -0.25) is 0 Å². The van der Waals surface area contributed by atoms with Gasteiger partial charge in [0.25, 0.3) is 0 Å². The van der Waals surface area contributed by atoms with Gasteiger partial charge in [-0.1, -0.05) is 35.5 Å². The second-order valence-corrected chi connectivity index (χ2v) is 5.38. The highest BCUT2D eigenvalue weighted by Gasteiger charge is 2.06. The summed E-state index contributed by atoms with van der Waals surface area (Å²) in [5, 5.41) is 1.57. The molecule has 1 aromatic carbocycles. The lowest BCUT2D eigenvalue weighted by atomic mass is 10.4. The smallest absolute Gasteiger partial charge is 0.115 e. The molecule has 1 heterocycles. The largest absolute Gasteiger partial charge is 0.397 e.